The van der Waals surface area contributed by atoms with Crippen molar-refractivity contribution in [3.8, 4) is 0 Å². The Bertz CT molecular complexity index is 1630. The first kappa shape index (κ1) is 68.9. The molecule has 1 aliphatic heterocycles. The first-order valence-corrected chi connectivity index (χ1v) is 29.6. The zero-order chi connectivity index (χ0) is 54.7. The van der Waals surface area contributed by atoms with E-state index in [9.17, 15) is 34.5 Å². The first-order chi connectivity index (χ1) is 36.6. The molecule has 12 heteroatoms. The van der Waals surface area contributed by atoms with E-state index in [0.717, 1.165) is 96.3 Å². The Morgan fingerprint density at radius 1 is 0.453 bits per heavy atom. The molecule has 1 aliphatic rings. The Labute approximate surface area is 454 Å². The Balaban J connectivity index is 2.73. The number of rotatable bonds is 49. The monoisotopic (exact) mass is 1050 g/mol. The minimum Gasteiger partial charge on any atom is -0.479 e. The molecule has 75 heavy (non-hydrogen) atoms. The molecule has 1 rings (SSSR count). The summed E-state index contributed by atoms with van der Waals surface area (Å²) in [6.07, 6.45) is 52.8. The predicted octanol–water partition coefficient (Wildman–Crippen LogP) is 15.1. The Morgan fingerprint density at radius 3 is 1.37 bits per heavy atom. The minimum atomic E-state index is -1.92. The molecule has 3 N–H and O–H groups in total. The summed E-state index contributed by atoms with van der Waals surface area (Å²) in [4.78, 5) is 51.1. The number of esters is 3. The van der Waals surface area contributed by atoms with Gasteiger partial charge in [0.25, 0.3) is 0 Å². The topological polar surface area (TPSA) is 175 Å². The number of aliphatic hydroxyl groups is 2. The molecule has 0 aliphatic carbocycles. The van der Waals surface area contributed by atoms with E-state index in [1.807, 2.05) is 12.2 Å². The lowest BCUT2D eigenvalue weighted by Crippen LogP contribution is -2.61. The van der Waals surface area contributed by atoms with Crippen molar-refractivity contribution in [3.05, 3.63) is 85.1 Å². The standard InChI is InChI=1S/C63H104O12/c1-4-7-10-13-16-19-22-25-27-28-30-32-34-37-40-43-46-49-55(64)71-52-54(73-56(65)50-47-44-41-38-35-31-24-21-18-15-12-9-6-3)53-72-63-61(59(68)58(67)60(75-63)62(69)70)74-57(66)51-48-45-42-39-36-33-29-26-23-20-17-14-11-8-5-2/h9,12,17-18,20-21,25-27,29,31,35,41,44,54,58-61,63,67-68H,4-8,10-11,13-16,19,22-24,28,30,32-34,36-40,42-43,45-53H2,1-3H3,(H,69,70)/b12-9-,20-17-,21-18-,27-25-,29-26-,35-31-,44-41-. The van der Waals surface area contributed by atoms with Gasteiger partial charge in [-0.3, -0.25) is 14.4 Å². The maximum absolute atomic E-state index is 13.1. The molecule has 0 spiro atoms. The number of hydrogen-bond donors (Lipinski definition) is 3. The minimum absolute atomic E-state index is 0.0333. The Hall–Kier alpha value is -4.10. The lowest BCUT2D eigenvalue weighted by molar-refractivity contribution is -0.301. The average molecular weight is 1050 g/mol. The molecule has 0 aromatic heterocycles. The predicted molar refractivity (Wildman–Crippen MR) is 303 cm³/mol. The molecular weight excluding hydrogens is 949 g/mol. The molecule has 428 valence electrons. The summed E-state index contributed by atoms with van der Waals surface area (Å²) in [7, 11) is 0. The van der Waals surface area contributed by atoms with Gasteiger partial charge in [0, 0.05) is 19.3 Å². The van der Waals surface area contributed by atoms with Crippen molar-refractivity contribution in [2.24, 2.45) is 0 Å². The third-order valence-electron chi connectivity index (χ3n) is 12.9. The van der Waals surface area contributed by atoms with Gasteiger partial charge in [-0.05, 0) is 103 Å². The number of unbranched alkanes of at least 4 members (excludes halogenated alkanes) is 21. The highest BCUT2D eigenvalue weighted by Crippen LogP contribution is 2.26. The van der Waals surface area contributed by atoms with Crippen LogP contribution in [-0.2, 0) is 42.9 Å². The second-order valence-corrected chi connectivity index (χ2v) is 19.9. The molecule has 0 radical (unpaired) electrons. The molecule has 0 aromatic rings. The van der Waals surface area contributed by atoms with Crippen LogP contribution in [0.3, 0.4) is 0 Å². The van der Waals surface area contributed by atoms with Crippen LogP contribution in [0, 0.1) is 0 Å². The number of carbonyl (C=O) groups excluding carboxylic acids is 3. The number of allylic oxidation sites excluding steroid dienone is 14. The Morgan fingerprint density at radius 2 is 0.867 bits per heavy atom. The van der Waals surface area contributed by atoms with Gasteiger partial charge in [-0.25, -0.2) is 4.79 Å². The molecule has 6 unspecified atom stereocenters. The number of ether oxygens (including phenoxy) is 5. The summed E-state index contributed by atoms with van der Waals surface area (Å²) in [5, 5.41) is 31.5. The molecule has 12 nitrogen and oxygen atoms in total. The van der Waals surface area contributed by atoms with Gasteiger partial charge in [0.2, 0.25) is 0 Å². The van der Waals surface area contributed by atoms with Crippen molar-refractivity contribution in [1.29, 1.82) is 0 Å². The fraction of sp³-hybridized carbons (Fsp3) is 0.714. The van der Waals surface area contributed by atoms with E-state index >= 15 is 0 Å². The molecular formula is C63H104O12. The maximum Gasteiger partial charge on any atom is 0.335 e. The van der Waals surface area contributed by atoms with Crippen molar-refractivity contribution in [1.82, 2.24) is 0 Å². The van der Waals surface area contributed by atoms with E-state index < -0.39 is 67.3 Å². The summed E-state index contributed by atoms with van der Waals surface area (Å²) < 4.78 is 28.3. The van der Waals surface area contributed by atoms with Crippen LogP contribution in [0.5, 0.6) is 0 Å². The summed E-state index contributed by atoms with van der Waals surface area (Å²) in [6, 6.07) is 0. The van der Waals surface area contributed by atoms with Crippen LogP contribution in [0.1, 0.15) is 239 Å². The van der Waals surface area contributed by atoms with Crippen molar-refractivity contribution in [3.63, 3.8) is 0 Å². The van der Waals surface area contributed by atoms with Gasteiger partial charge < -0.3 is 39.0 Å². The lowest BCUT2D eigenvalue weighted by Gasteiger charge is -2.40. The van der Waals surface area contributed by atoms with Crippen LogP contribution in [0.25, 0.3) is 0 Å². The molecule has 0 amide bonds. The number of carboxylic acids is 1. The van der Waals surface area contributed by atoms with Gasteiger partial charge in [0.15, 0.2) is 24.6 Å². The van der Waals surface area contributed by atoms with Crippen LogP contribution in [0.4, 0.5) is 0 Å². The molecule has 0 aromatic carbocycles. The van der Waals surface area contributed by atoms with Gasteiger partial charge in [0.05, 0.1) is 6.61 Å². The van der Waals surface area contributed by atoms with Crippen LogP contribution >= 0.6 is 0 Å². The van der Waals surface area contributed by atoms with Gasteiger partial charge in [-0.15, -0.1) is 0 Å². The lowest BCUT2D eigenvalue weighted by atomic mass is 9.98. The molecule has 6 atom stereocenters. The first-order valence-electron chi connectivity index (χ1n) is 29.6. The SMILES string of the molecule is CC/C=C\C/C=C\C/C=C\C/C=C\CCC(=O)OC(COC(=O)CCCCCCCCC/C=C\CCCCCCCC)COC1OC(C(=O)O)C(O)C(O)C1OC(=O)CCCCCCC/C=C\C/C=C\CCCCC. The van der Waals surface area contributed by atoms with Gasteiger partial charge in [-0.1, -0.05) is 202 Å². The quantitative estimate of drug-likeness (QED) is 0.0228. The number of carbonyl (C=O) groups is 4. The van der Waals surface area contributed by atoms with Crippen LogP contribution < -0.4 is 0 Å². The third kappa shape index (κ3) is 40.8. The highest BCUT2D eigenvalue weighted by molar-refractivity contribution is 5.74. The maximum atomic E-state index is 13.1. The molecule has 1 fully saturated rings. The van der Waals surface area contributed by atoms with Gasteiger partial charge >= 0.3 is 23.9 Å². The summed E-state index contributed by atoms with van der Waals surface area (Å²) in [5.74, 6) is -3.26. The number of carboxylic acid groups (broad SMARTS) is 1. The molecule has 0 saturated carbocycles. The van der Waals surface area contributed by atoms with Crippen molar-refractivity contribution in [2.75, 3.05) is 13.2 Å². The van der Waals surface area contributed by atoms with E-state index in [4.69, 9.17) is 23.7 Å². The number of hydrogen-bond acceptors (Lipinski definition) is 11. The molecule has 1 heterocycles. The fourth-order valence-corrected chi connectivity index (χ4v) is 8.41. The average Bonchev–Trinajstić information content (AvgIpc) is 3.39. The second kappa shape index (κ2) is 50.7. The highest BCUT2D eigenvalue weighted by atomic mass is 16.7. The smallest absolute Gasteiger partial charge is 0.335 e. The van der Waals surface area contributed by atoms with Crippen LogP contribution in [0.15, 0.2) is 85.1 Å². The van der Waals surface area contributed by atoms with Crippen LogP contribution in [0.2, 0.25) is 0 Å². The largest absolute Gasteiger partial charge is 0.479 e. The Kier molecular flexibility index (Phi) is 46.6. The summed E-state index contributed by atoms with van der Waals surface area (Å²) in [6.45, 7) is 5.77. The molecule has 0 bridgehead atoms. The third-order valence-corrected chi connectivity index (χ3v) is 12.9. The zero-order valence-electron chi connectivity index (χ0n) is 47.0. The summed E-state index contributed by atoms with van der Waals surface area (Å²) in [5.41, 5.74) is 0. The van der Waals surface area contributed by atoms with Crippen LogP contribution in [-0.4, -0.2) is 89.2 Å². The van der Waals surface area contributed by atoms with Gasteiger partial charge in [0.1, 0.15) is 18.8 Å². The zero-order valence-corrected chi connectivity index (χ0v) is 47.0. The number of aliphatic carboxylic acids is 1. The van der Waals surface area contributed by atoms with Crippen molar-refractivity contribution < 1.29 is 58.2 Å². The van der Waals surface area contributed by atoms with Gasteiger partial charge in [-0.2, -0.15) is 0 Å². The van der Waals surface area contributed by atoms with Crippen molar-refractivity contribution in [2.45, 2.75) is 276 Å². The van der Waals surface area contributed by atoms with E-state index in [1.54, 1.807) is 0 Å². The number of aliphatic hydroxyl groups excluding tert-OH is 2. The van der Waals surface area contributed by atoms with E-state index in [1.165, 1.54) is 77.0 Å². The molecule has 1 saturated heterocycles. The van der Waals surface area contributed by atoms with E-state index in [2.05, 4.69) is 93.7 Å². The highest BCUT2D eigenvalue weighted by Gasteiger charge is 2.50. The second-order valence-electron chi connectivity index (χ2n) is 19.9. The van der Waals surface area contributed by atoms with E-state index in [0.29, 0.717) is 25.7 Å². The normalized spacial score (nSPS) is 18.8. The summed E-state index contributed by atoms with van der Waals surface area (Å²) >= 11 is 0. The fourth-order valence-electron chi connectivity index (χ4n) is 8.41. The van der Waals surface area contributed by atoms with Crippen molar-refractivity contribution >= 4 is 23.9 Å². The van der Waals surface area contributed by atoms with E-state index in [-0.39, 0.29) is 25.9 Å².